The molecule has 1 saturated heterocycles. The molecule has 132 valence electrons. The first-order valence-corrected chi connectivity index (χ1v) is 8.73. The molecule has 0 spiro atoms. The quantitative estimate of drug-likeness (QED) is 0.641. The van der Waals surface area contributed by atoms with E-state index in [4.69, 9.17) is 11.6 Å². The number of benzene rings is 2. The molecule has 0 aromatic heterocycles. The predicted molar refractivity (Wildman–Crippen MR) is 102 cm³/mol. The molecule has 25 heavy (non-hydrogen) atoms. The molecular weight excluding hydrogens is 340 g/mol. The van der Waals surface area contributed by atoms with Crippen molar-refractivity contribution in [3.8, 4) is 0 Å². The first-order valence-electron chi connectivity index (χ1n) is 8.35. The normalized spacial score (nSPS) is 15.2. The lowest BCUT2D eigenvalue weighted by molar-refractivity contribution is -0.383. The molecule has 1 N–H and O–H groups in total. The molecule has 0 radical (unpaired) electrons. The van der Waals surface area contributed by atoms with Crippen LogP contribution in [0.15, 0.2) is 42.5 Å². The van der Waals surface area contributed by atoms with E-state index in [1.807, 2.05) is 24.3 Å². The van der Waals surface area contributed by atoms with Gasteiger partial charge in [-0.25, -0.2) is 0 Å². The second-order valence-corrected chi connectivity index (χ2v) is 6.45. The Labute approximate surface area is 152 Å². The smallest absolute Gasteiger partial charge is 0.294 e. The van der Waals surface area contributed by atoms with Crippen molar-refractivity contribution >= 4 is 34.4 Å². The number of nitrogens with one attached hydrogen (secondary N) is 1. The molecule has 7 heteroatoms. The van der Waals surface area contributed by atoms with Crippen molar-refractivity contribution in [1.29, 1.82) is 0 Å². The van der Waals surface area contributed by atoms with Gasteiger partial charge in [-0.3, -0.25) is 10.1 Å². The van der Waals surface area contributed by atoms with E-state index in [2.05, 4.69) is 22.0 Å². The van der Waals surface area contributed by atoms with E-state index in [0.717, 1.165) is 38.4 Å². The van der Waals surface area contributed by atoms with E-state index < -0.39 is 4.92 Å². The summed E-state index contributed by atoms with van der Waals surface area (Å²) < 4.78 is 0. The molecule has 0 atom stereocenters. The minimum atomic E-state index is -0.435. The van der Waals surface area contributed by atoms with Crippen LogP contribution in [0.5, 0.6) is 0 Å². The number of piperazine rings is 1. The number of hydrogen-bond donors (Lipinski definition) is 1. The summed E-state index contributed by atoms with van der Waals surface area (Å²) in [7, 11) is 0. The van der Waals surface area contributed by atoms with Crippen LogP contribution in [0, 0.1) is 10.1 Å². The maximum atomic E-state index is 11.2. The molecule has 2 aromatic rings. The topological polar surface area (TPSA) is 61.6 Å². The summed E-state index contributed by atoms with van der Waals surface area (Å²) in [5.41, 5.74) is 2.37. The number of nitrogens with zero attached hydrogens (tertiary/aromatic N) is 3. The van der Waals surface area contributed by atoms with Gasteiger partial charge in [-0.05, 0) is 42.9 Å². The number of anilines is 3. The Morgan fingerprint density at radius 2 is 1.80 bits per heavy atom. The van der Waals surface area contributed by atoms with E-state index >= 15 is 0 Å². The van der Waals surface area contributed by atoms with E-state index in [1.54, 1.807) is 12.1 Å². The summed E-state index contributed by atoms with van der Waals surface area (Å²) in [5.74, 6) is 0. The molecule has 0 bridgehead atoms. The Balaban J connectivity index is 1.70. The zero-order valence-electron chi connectivity index (χ0n) is 14.1. The summed E-state index contributed by atoms with van der Waals surface area (Å²) in [6, 6.07) is 12.6. The average molecular weight is 361 g/mol. The lowest BCUT2D eigenvalue weighted by Crippen LogP contribution is -2.46. The molecule has 6 nitrogen and oxygen atoms in total. The van der Waals surface area contributed by atoms with Crippen LogP contribution in [-0.4, -0.2) is 42.5 Å². The lowest BCUT2D eigenvalue weighted by Gasteiger charge is -2.35. The van der Waals surface area contributed by atoms with Crippen LogP contribution < -0.4 is 10.2 Å². The molecule has 1 heterocycles. The SMILES string of the molecule is CCN1CCN(c2ccc(Nc3ccc(Cl)cc3[N+](=O)[O-])cc2)CC1. The molecule has 3 rings (SSSR count). The molecule has 0 amide bonds. The third kappa shape index (κ3) is 4.21. The van der Waals surface area contributed by atoms with Gasteiger partial charge in [0.25, 0.3) is 5.69 Å². The van der Waals surface area contributed by atoms with Crippen molar-refractivity contribution in [3.63, 3.8) is 0 Å². The van der Waals surface area contributed by atoms with E-state index in [0.29, 0.717) is 10.7 Å². The van der Waals surface area contributed by atoms with E-state index in [-0.39, 0.29) is 5.69 Å². The fraction of sp³-hybridized carbons (Fsp3) is 0.333. The monoisotopic (exact) mass is 360 g/mol. The Hall–Kier alpha value is -2.31. The second-order valence-electron chi connectivity index (χ2n) is 6.01. The highest BCUT2D eigenvalue weighted by Gasteiger charge is 2.17. The fourth-order valence-electron chi connectivity index (χ4n) is 2.99. The maximum absolute atomic E-state index is 11.2. The van der Waals surface area contributed by atoms with Crippen molar-refractivity contribution in [2.45, 2.75) is 6.92 Å². The van der Waals surface area contributed by atoms with Crippen molar-refractivity contribution in [2.75, 3.05) is 42.9 Å². The predicted octanol–water partition coefficient (Wildman–Crippen LogP) is 4.13. The summed E-state index contributed by atoms with van der Waals surface area (Å²) >= 11 is 5.85. The van der Waals surface area contributed by atoms with Crippen LogP contribution in [0.3, 0.4) is 0 Å². The number of likely N-dealkylation sites (N-methyl/N-ethyl adjacent to an activating group) is 1. The Bertz CT molecular complexity index is 743. The van der Waals surface area contributed by atoms with Gasteiger partial charge in [0.15, 0.2) is 0 Å². The second kappa shape index (κ2) is 7.72. The number of nitro groups is 1. The van der Waals surface area contributed by atoms with E-state index in [1.165, 1.54) is 11.8 Å². The summed E-state index contributed by atoms with van der Waals surface area (Å²) in [5, 5.41) is 14.6. The van der Waals surface area contributed by atoms with Crippen LogP contribution in [-0.2, 0) is 0 Å². The largest absolute Gasteiger partial charge is 0.369 e. The number of hydrogen-bond acceptors (Lipinski definition) is 5. The molecule has 0 unspecified atom stereocenters. The zero-order chi connectivity index (χ0) is 17.8. The molecular formula is C18H21ClN4O2. The van der Waals surface area contributed by atoms with Crippen LogP contribution in [0.4, 0.5) is 22.7 Å². The highest BCUT2D eigenvalue weighted by atomic mass is 35.5. The van der Waals surface area contributed by atoms with Gasteiger partial charge in [-0.15, -0.1) is 0 Å². The van der Waals surface area contributed by atoms with Gasteiger partial charge in [0.2, 0.25) is 0 Å². The Morgan fingerprint density at radius 1 is 1.12 bits per heavy atom. The highest BCUT2D eigenvalue weighted by Crippen LogP contribution is 2.31. The third-order valence-electron chi connectivity index (χ3n) is 4.49. The zero-order valence-corrected chi connectivity index (χ0v) is 14.9. The number of rotatable bonds is 5. The Kier molecular flexibility index (Phi) is 5.40. The molecule has 1 aliphatic heterocycles. The summed E-state index contributed by atoms with van der Waals surface area (Å²) in [6.45, 7) is 7.47. The molecule has 1 fully saturated rings. The minimum Gasteiger partial charge on any atom is -0.369 e. The van der Waals surface area contributed by atoms with E-state index in [9.17, 15) is 10.1 Å². The van der Waals surface area contributed by atoms with Crippen LogP contribution in [0.25, 0.3) is 0 Å². The number of nitro benzene ring substituents is 1. The van der Waals surface area contributed by atoms with Crippen molar-refractivity contribution in [1.82, 2.24) is 4.90 Å². The van der Waals surface area contributed by atoms with Gasteiger partial charge in [0, 0.05) is 48.6 Å². The lowest BCUT2D eigenvalue weighted by atomic mass is 10.2. The number of halogens is 1. The first kappa shape index (κ1) is 17.5. The van der Waals surface area contributed by atoms with Crippen molar-refractivity contribution in [3.05, 3.63) is 57.6 Å². The Morgan fingerprint density at radius 3 is 2.40 bits per heavy atom. The van der Waals surface area contributed by atoms with Crippen molar-refractivity contribution in [2.24, 2.45) is 0 Å². The fourth-order valence-corrected chi connectivity index (χ4v) is 3.16. The van der Waals surface area contributed by atoms with Gasteiger partial charge in [0.05, 0.1) is 4.92 Å². The van der Waals surface area contributed by atoms with Gasteiger partial charge in [-0.1, -0.05) is 18.5 Å². The molecule has 0 saturated carbocycles. The minimum absolute atomic E-state index is 0.0349. The van der Waals surface area contributed by atoms with Crippen LogP contribution in [0.2, 0.25) is 5.02 Å². The summed E-state index contributed by atoms with van der Waals surface area (Å²) in [4.78, 5) is 15.5. The molecule has 2 aromatic carbocycles. The first-order chi connectivity index (χ1) is 12.1. The third-order valence-corrected chi connectivity index (χ3v) is 4.72. The van der Waals surface area contributed by atoms with Gasteiger partial charge in [-0.2, -0.15) is 0 Å². The summed E-state index contributed by atoms with van der Waals surface area (Å²) in [6.07, 6.45) is 0. The van der Waals surface area contributed by atoms with Gasteiger partial charge >= 0.3 is 0 Å². The maximum Gasteiger partial charge on any atom is 0.294 e. The van der Waals surface area contributed by atoms with Crippen LogP contribution in [0.1, 0.15) is 6.92 Å². The highest BCUT2D eigenvalue weighted by molar-refractivity contribution is 6.30. The molecule has 0 aliphatic carbocycles. The average Bonchev–Trinajstić information content (AvgIpc) is 2.64. The van der Waals surface area contributed by atoms with Gasteiger partial charge in [0.1, 0.15) is 5.69 Å². The van der Waals surface area contributed by atoms with Crippen LogP contribution >= 0.6 is 11.6 Å². The van der Waals surface area contributed by atoms with Gasteiger partial charge < -0.3 is 15.1 Å². The standard InChI is InChI=1S/C18H21ClN4O2/c1-2-21-9-11-22(12-10-21)16-6-4-15(5-7-16)20-17-8-3-14(19)13-18(17)23(24)25/h3-8,13,20H,2,9-12H2,1H3. The molecule has 1 aliphatic rings. The van der Waals surface area contributed by atoms with Crippen molar-refractivity contribution < 1.29 is 4.92 Å².